The third-order valence-corrected chi connectivity index (χ3v) is 5.26. The van der Waals surface area contributed by atoms with Gasteiger partial charge in [0, 0.05) is 6.54 Å². The molecule has 0 aliphatic carbocycles. The van der Waals surface area contributed by atoms with Crippen LogP contribution >= 0.6 is 0 Å². The second-order valence-corrected chi connectivity index (χ2v) is 7.69. The molecule has 4 heteroatoms. The summed E-state index contributed by atoms with van der Waals surface area (Å²) in [5, 5.41) is 12.1. The molecule has 1 aliphatic rings. The Hall–Kier alpha value is -1.55. The molecule has 1 aromatic rings. The lowest BCUT2D eigenvalue weighted by atomic mass is 10.1. The summed E-state index contributed by atoms with van der Waals surface area (Å²) in [6.07, 6.45) is 17.7. The number of nitrogens with zero attached hydrogens (tertiary/aromatic N) is 2. The van der Waals surface area contributed by atoms with Crippen molar-refractivity contribution in [2.45, 2.75) is 90.0 Å². The van der Waals surface area contributed by atoms with Gasteiger partial charge in [-0.25, -0.2) is 0 Å². The molecule has 0 N–H and O–H groups in total. The molecule has 0 radical (unpaired) electrons. The van der Waals surface area contributed by atoms with E-state index in [1.807, 2.05) is 24.3 Å². The maximum Gasteiger partial charge on any atom is 0.119 e. The number of aliphatic imine (C=N–C) groups is 1. The highest BCUT2D eigenvalue weighted by Crippen LogP contribution is 2.24. The Kier molecular flexibility index (Phi) is 10.9. The molecule has 0 fully saturated rings. The number of hydroxylamine groups is 2. The van der Waals surface area contributed by atoms with Crippen LogP contribution in [0.15, 0.2) is 29.3 Å². The Balaban J connectivity index is 1.41. The second-order valence-electron chi connectivity index (χ2n) is 7.69. The Labute approximate surface area is 165 Å². The second kappa shape index (κ2) is 13.6. The first-order chi connectivity index (χ1) is 13.3. The first-order valence-corrected chi connectivity index (χ1v) is 11.0. The van der Waals surface area contributed by atoms with E-state index < -0.39 is 0 Å². The lowest BCUT2D eigenvalue weighted by Gasteiger charge is -2.20. The van der Waals surface area contributed by atoms with Gasteiger partial charge < -0.3 is 15.0 Å². The SMILES string of the molecule is CCCCCCCCCCCCCCOc1ccc(C2CN([O-])C=N2)cc1. The van der Waals surface area contributed by atoms with Crippen molar-refractivity contribution in [3.63, 3.8) is 0 Å². The van der Waals surface area contributed by atoms with E-state index in [4.69, 9.17) is 4.74 Å². The Morgan fingerprint density at radius 3 is 1.96 bits per heavy atom. The maximum atomic E-state index is 11.2. The van der Waals surface area contributed by atoms with Crippen molar-refractivity contribution in [2.24, 2.45) is 4.99 Å². The Morgan fingerprint density at radius 2 is 1.44 bits per heavy atom. The third kappa shape index (κ3) is 9.28. The van der Waals surface area contributed by atoms with E-state index in [0.717, 1.165) is 29.4 Å². The summed E-state index contributed by atoms with van der Waals surface area (Å²) in [7, 11) is 0. The molecular formula is C23H37N2O2-. The van der Waals surface area contributed by atoms with Crippen LogP contribution in [0, 0.1) is 5.21 Å². The molecule has 1 aromatic carbocycles. The highest BCUT2D eigenvalue weighted by atomic mass is 16.5. The van der Waals surface area contributed by atoms with Gasteiger partial charge in [-0.05, 0) is 24.1 Å². The summed E-state index contributed by atoms with van der Waals surface area (Å²) < 4.78 is 5.83. The van der Waals surface area contributed by atoms with E-state index in [0.29, 0.717) is 6.54 Å². The molecule has 152 valence electrons. The first kappa shape index (κ1) is 21.7. The van der Waals surface area contributed by atoms with Gasteiger partial charge in [0.15, 0.2) is 0 Å². The average Bonchev–Trinajstić information content (AvgIpc) is 3.12. The van der Waals surface area contributed by atoms with E-state index in [2.05, 4.69) is 11.9 Å². The molecule has 27 heavy (non-hydrogen) atoms. The average molecular weight is 374 g/mol. The minimum atomic E-state index is -0.0344. The minimum absolute atomic E-state index is 0.0344. The molecule has 1 aliphatic heterocycles. The smallest absolute Gasteiger partial charge is 0.119 e. The van der Waals surface area contributed by atoms with Gasteiger partial charge >= 0.3 is 0 Å². The lowest BCUT2D eigenvalue weighted by molar-refractivity contribution is 0.304. The Morgan fingerprint density at radius 1 is 0.889 bits per heavy atom. The van der Waals surface area contributed by atoms with E-state index in [9.17, 15) is 5.21 Å². The molecule has 0 bridgehead atoms. The van der Waals surface area contributed by atoms with Crippen LogP contribution in [0.5, 0.6) is 5.75 Å². The highest BCUT2D eigenvalue weighted by Gasteiger charge is 2.13. The van der Waals surface area contributed by atoms with Gasteiger partial charge in [0.1, 0.15) is 5.75 Å². The number of unbranched alkanes of at least 4 members (excludes halogenated alkanes) is 11. The van der Waals surface area contributed by atoms with Crippen molar-refractivity contribution >= 4 is 6.34 Å². The molecule has 1 heterocycles. The van der Waals surface area contributed by atoms with Crippen LogP contribution in [-0.2, 0) is 0 Å². The van der Waals surface area contributed by atoms with Crippen molar-refractivity contribution in [3.05, 3.63) is 35.0 Å². The van der Waals surface area contributed by atoms with Gasteiger partial charge in [0.25, 0.3) is 0 Å². The summed E-state index contributed by atoms with van der Waals surface area (Å²) >= 11 is 0. The van der Waals surface area contributed by atoms with Crippen LogP contribution in [0.25, 0.3) is 0 Å². The van der Waals surface area contributed by atoms with Crippen molar-refractivity contribution in [2.75, 3.05) is 13.2 Å². The van der Waals surface area contributed by atoms with Gasteiger partial charge in [-0.15, -0.1) is 0 Å². The predicted molar refractivity (Wildman–Crippen MR) is 114 cm³/mol. The van der Waals surface area contributed by atoms with Crippen molar-refractivity contribution < 1.29 is 4.74 Å². The van der Waals surface area contributed by atoms with E-state index in [-0.39, 0.29) is 6.04 Å². The third-order valence-electron chi connectivity index (χ3n) is 5.26. The van der Waals surface area contributed by atoms with Crippen LogP contribution < -0.4 is 4.74 Å². The molecular weight excluding hydrogens is 336 g/mol. The van der Waals surface area contributed by atoms with Gasteiger partial charge in [0.2, 0.25) is 0 Å². The molecule has 0 aromatic heterocycles. The number of hydrogen-bond donors (Lipinski definition) is 0. The van der Waals surface area contributed by atoms with Crippen LogP contribution in [-0.4, -0.2) is 24.6 Å². The summed E-state index contributed by atoms with van der Waals surface area (Å²) in [5.74, 6) is 0.905. The highest BCUT2D eigenvalue weighted by molar-refractivity contribution is 5.59. The number of benzene rings is 1. The summed E-state index contributed by atoms with van der Waals surface area (Å²) in [6.45, 7) is 3.47. The predicted octanol–water partition coefficient (Wildman–Crippen LogP) is 6.65. The van der Waals surface area contributed by atoms with E-state index >= 15 is 0 Å². The van der Waals surface area contributed by atoms with Gasteiger partial charge in [-0.1, -0.05) is 89.7 Å². The van der Waals surface area contributed by atoms with Crippen molar-refractivity contribution in [1.29, 1.82) is 0 Å². The van der Waals surface area contributed by atoms with Crippen LogP contribution in [0.3, 0.4) is 0 Å². The number of rotatable bonds is 15. The van der Waals surface area contributed by atoms with Crippen LogP contribution in [0.2, 0.25) is 0 Å². The monoisotopic (exact) mass is 373 g/mol. The lowest BCUT2D eigenvalue weighted by Crippen LogP contribution is -2.12. The number of ether oxygens (including phenoxy) is 1. The zero-order valence-electron chi connectivity index (χ0n) is 17.1. The van der Waals surface area contributed by atoms with E-state index in [1.165, 1.54) is 77.0 Å². The standard InChI is InChI=1S/C23H37N2O2/c1-2-3-4-5-6-7-8-9-10-11-12-13-18-27-22-16-14-21(15-17-22)23-19-25(26)20-24-23/h14-17,20,23H,2-13,18-19H2,1H3/q-1. The minimum Gasteiger partial charge on any atom is -0.758 e. The normalized spacial score (nSPS) is 16.2. The van der Waals surface area contributed by atoms with Gasteiger partial charge in [-0.3, -0.25) is 4.99 Å². The Bertz CT molecular complexity index is 516. The fourth-order valence-corrected chi connectivity index (χ4v) is 3.53. The van der Waals surface area contributed by atoms with Crippen LogP contribution in [0.4, 0.5) is 0 Å². The van der Waals surface area contributed by atoms with Gasteiger partial charge in [-0.2, -0.15) is 0 Å². The summed E-state index contributed by atoms with van der Waals surface area (Å²) in [5.41, 5.74) is 1.07. The molecule has 2 rings (SSSR count). The fourth-order valence-electron chi connectivity index (χ4n) is 3.53. The molecule has 1 unspecified atom stereocenters. The van der Waals surface area contributed by atoms with Crippen molar-refractivity contribution in [3.8, 4) is 5.75 Å². The molecule has 4 nitrogen and oxygen atoms in total. The molecule has 0 saturated carbocycles. The summed E-state index contributed by atoms with van der Waals surface area (Å²) in [6, 6.07) is 7.96. The largest absolute Gasteiger partial charge is 0.758 e. The fraction of sp³-hybridized carbons (Fsp3) is 0.696. The van der Waals surface area contributed by atoms with Gasteiger partial charge in [0.05, 0.1) is 19.0 Å². The zero-order valence-corrected chi connectivity index (χ0v) is 17.1. The molecule has 1 atom stereocenters. The zero-order chi connectivity index (χ0) is 19.2. The van der Waals surface area contributed by atoms with E-state index in [1.54, 1.807) is 0 Å². The van der Waals surface area contributed by atoms with Crippen molar-refractivity contribution in [1.82, 2.24) is 5.06 Å². The molecule has 0 spiro atoms. The first-order valence-electron chi connectivity index (χ1n) is 11.0. The topological polar surface area (TPSA) is 47.9 Å². The molecule has 0 saturated heterocycles. The quantitative estimate of drug-likeness (QED) is 0.323. The summed E-state index contributed by atoms with van der Waals surface area (Å²) in [4.78, 5) is 4.20. The molecule has 0 amide bonds. The van der Waals surface area contributed by atoms with Crippen LogP contribution in [0.1, 0.15) is 95.6 Å². The maximum absolute atomic E-state index is 11.2. The number of hydrogen-bond acceptors (Lipinski definition) is 4.